The van der Waals surface area contributed by atoms with Crippen LogP contribution in [0.2, 0.25) is 0 Å². The molecule has 15 heavy (non-hydrogen) atoms. The van der Waals surface area contributed by atoms with Crippen LogP contribution < -0.4 is 10.5 Å². The molecule has 1 unspecified atom stereocenters. The number of hydrogen-bond acceptors (Lipinski definition) is 2. The van der Waals surface area contributed by atoms with Gasteiger partial charge >= 0.3 is 0 Å². The third kappa shape index (κ3) is 3.64. The molecule has 0 aromatic heterocycles. The first-order valence-electron chi connectivity index (χ1n) is 4.31. The van der Waals surface area contributed by atoms with Crippen molar-refractivity contribution in [2.75, 3.05) is 13.7 Å². The molecule has 0 saturated carbocycles. The third-order valence-corrected chi connectivity index (χ3v) is 2.10. The van der Waals surface area contributed by atoms with Crippen LogP contribution in [0.5, 0.6) is 5.75 Å². The van der Waals surface area contributed by atoms with Crippen LogP contribution in [0.15, 0.2) is 24.3 Å². The summed E-state index contributed by atoms with van der Waals surface area (Å²) in [5, 5.41) is 0. The van der Waals surface area contributed by atoms with Gasteiger partial charge in [0, 0.05) is 6.54 Å². The fraction of sp³-hybridized carbons (Fsp3) is 0.400. The lowest BCUT2D eigenvalue weighted by atomic mass is 10.00. The second kappa shape index (κ2) is 6.58. The van der Waals surface area contributed by atoms with Gasteiger partial charge in [-0.05, 0) is 17.7 Å². The molecule has 86 valence electrons. The number of nitrogens with two attached hydrogens (primary N) is 1. The number of rotatable bonds is 4. The van der Waals surface area contributed by atoms with Crippen LogP contribution >= 0.6 is 12.4 Å². The number of ether oxygens (including phenoxy) is 1. The molecule has 0 amide bonds. The molecule has 2 nitrogen and oxygen atoms in total. The van der Waals surface area contributed by atoms with Crippen molar-refractivity contribution in [3.63, 3.8) is 0 Å². The highest BCUT2D eigenvalue weighted by molar-refractivity contribution is 5.85. The molecular formula is C10H14ClF2NO. The second-order valence-corrected chi connectivity index (χ2v) is 2.95. The summed E-state index contributed by atoms with van der Waals surface area (Å²) >= 11 is 0. The average Bonchev–Trinajstić information content (AvgIpc) is 2.19. The molecule has 0 saturated heterocycles. The summed E-state index contributed by atoms with van der Waals surface area (Å²) in [5.74, 6) is -0.236. The monoisotopic (exact) mass is 237 g/mol. The molecule has 1 atom stereocenters. The Bertz CT molecular complexity index is 279. The van der Waals surface area contributed by atoms with E-state index in [2.05, 4.69) is 0 Å². The lowest BCUT2D eigenvalue weighted by Crippen LogP contribution is -2.19. The minimum absolute atomic E-state index is 0. The third-order valence-electron chi connectivity index (χ3n) is 2.10. The van der Waals surface area contributed by atoms with Gasteiger partial charge in [0.15, 0.2) is 0 Å². The minimum Gasteiger partial charge on any atom is -0.497 e. The first kappa shape index (κ1) is 14.1. The first-order valence-corrected chi connectivity index (χ1v) is 4.31. The molecule has 2 N–H and O–H groups in total. The fourth-order valence-corrected chi connectivity index (χ4v) is 1.24. The van der Waals surface area contributed by atoms with Crippen molar-refractivity contribution in [3.8, 4) is 5.75 Å². The summed E-state index contributed by atoms with van der Waals surface area (Å²) in [6, 6.07) is 6.53. The van der Waals surface area contributed by atoms with Crippen LogP contribution in [-0.4, -0.2) is 20.1 Å². The summed E-state index contributed by atoms with van der Waals surface area (Å²) in [4.78, 5) is 0. The molecule has 0 fully saturated rings. The highest BCUT2D eigenvalue weighted by Crippen LogP contribution is 2.23. The number of hydrogen-bond donors (Lipinski definition) is 1. The lowest BCUT2D eigenvalue weighted by Gasteiger charge is -2.14. The van der Waals surface area contributed by atoms with E-state index in [1.165, 1.54) is 7.11 Å². The van der Waals surface area contributed by atoms with Crippen molar-refractivity contribution >= 4 is 12.4 Å². The Hall–Kier alpha value is -0.870. The van der Waals surface area contributed by atoms with Gasteiger partial charge in [0.2, 0.25) is 6.43 Å². The molecule has 0 aliphatic rings. The van der Waals surface area contributed by atoms with Gasteiger partial charge in [-0.15, -0.1) is 12.4 Å². The molecule has 1 rings (SSSR count). The Balaban J connectivity index is 0.00000196. The molecule has 1 aromatic carbocycles. The van der Waals surface area contributed by atoms with Crippen LogP contribution in [0.1, 0.15) is 11.5 Å². The standard InChI is InChI=1S/C10H13F2NO.ClH/c1-14-8-4-2-7(3-5-8)9(6-13)10(11)12;/h2-5,9-10H,6,13H2,1H3;1H. The largest absolute Gasteiger partial charge is 0.497 e. The number of benzene rings is 1. The van der Waals surface area contributed by atoms with Gasteiger partial charge in [0.1, 0.15) is 5.75 Å². The van der Waals surface area contributed by atoms with Crippen molar-refractivity contribution in [1.29, 1.82) is 0 Å². The van der Waals surface area contributed by atoms with Crippen molar-refractivity contribution in [1.82, 2.24) is 0 Å². The van der Waals surface area contributed by atoms with E-state index < -0.39 is 12.3 Å². The Morgan fingerprint density at radius 1 is 1.27 bits per heavy atom. The minimum atomic E-state index is -2.42. The van der Waals surface area contributed by atoms with E-state index in [0.29, 0.717) is 11.3 Å². The molecule has 0 heterocycles. The number of alkyl halides is 2. The predicted octanol–water partition coefficient (Wildman–Crippen LogP) is 2.42. The van der Waals surface area contributed by atoms with Crippen LogP contribution in [0.25, 0.3) is 0 Å². The van der Waals surface area contributed by atoms with Crippen LogP contribution in [0.3, 0.4) is 0 Å². The first-order chi connectivity index (χ1) is 6.69. The maximum Gasteiger partial charge on any atom is 0.246 e. The summed E-state index contributed by atoms with van der Waals surface area (Å²) < 4.78 is 29.8. The number of methoxy groups -OCH3 is 1. The van der Waals surface area contributed by atoms with Crippen molar-refractivity contribution < 1.29 is 13.5 Å². The van der Waals surface area contributed by atoms with E-state index in [4.69, 9.17) is 10.5 Å². The van der Waals surface area contributed by atoms with Gasteiger partial charge < -0.3 is 10.5 Å². The van der Waals surface area contributed by atoms with E-state index in [1.54, 1.807) is 24.3 Å². The Labute approximate surface area is 93.8 Å². The highest BCUT2D eigenvalue weighted by atomic mass is 35.5. The SMILES string of the molecule is COc1ccc(C(CN)C(F)F)cc1.Cl. The molecule has 0 spiro atoms. The summed E-state index contributed by atoms with van der Waals surface area (Å²) in [5.41, 5.74) is 5.81. The molecule has 0 radical (unpaired) electrons. The Kier molecular flexibility index (Phi) is 6.20. The fourth-order valence-electron chi connectivity index (χ4n) is 1.24. The maximum absolute atomic E-state index is 12.5. The zero-order valence-electron chi connectivity index (χ0n) is 8.32. The molecule has 0 aliphatic heterocycles. The summed E-state index contributed by atoms with van der Waals surface area (Å²) in [6.45, 7) is -0.0516. The van der Waals surface area contributed by atoms with Gasteiger partial charge in [0.25, 0.3) is 0 Å². The highest BCUT2D eigenvalue weighted by Gasteiger charge is 2.20. The van der Waals surface area contributed by atoms with E-state index >= 15 is 0 Å². The van der Waals surface area contributed by atoms with Gasteiger partial charge in [-0.1, -0.05) is 12.1 Å². The van der Waals surface area contributed by atoms with Crippen LogP contribution in [0, 0.1) is 0 Å². The Morgan fingerprint density at radius 2 is 1.80 bits per heavy atom. The van der Waals surface area contributed by atoms with Gasteiger partial charge in [-0.2, -0.15) is 0 Å². The second-order valence-electron chi connectivity index (χ2n) is 2.95. The van der Waals surface area contributed by atoms with E-state index in [1.807, 2.05) is 0 Å². The zero-order chi connectivity index (χ0) is 10.6. The maximum atomic E-state index is 12.5. The summed E-state index contributed by atoms with van der Waals surface area (Å²) in [6.07, 6.45) is -2.42. The van der Waals surface area contributed by atoms with Crippen molar-refractivity contribution in [2.24, 2.45) is 5.73 Å². The lowest BCUT2D eigenvalue weighted by molar-refractivity contribution is 0.117. The van der Waals surface area contributed by atoms with Crippen LogP contribution in [-0.2, 0) is 0 Å². The zero-order valence-corrected chi connectivity index (χ0v) is 9.14. The van der Waals surface area contributed by atoms with Crippen molar-refractivity contribution in [2.45, 2.75) is 12.3 Å². The normalized spacial score (nSPS) is 12.1. The van der Waals surface area contributed by atoms with Gasteiger partial charge in [-0.25, -0.2) is 8.78 Å². The smallest absolute Gasteiger partial charge is 0.246 e. The van der Waals surface area contributed by atoms with Gasteiger partial charge in [0.05, 0.1) is 13.0 Å². The quantitative estimate of drug-likeness (QED) is 0.873. The van der Waals surface area contributed by atoms with E-state index in [-0.39, 0.29) is 19.0 Å². The molecular weight excluding hydrogens is 224 g/mol. The topological polar surface area (TPSA) is 35.2 Å². The molecule has 0 bridgehead atoms. The number of halogens is 3. The van der Waals surface area contributed by atoms with Gasteiger partial charge in [-0.3, -0.25) is 0 Å². The Morgan fingerprint density at radius 3 is 2.13 bits per heavy atom. The average molecular weight is 238 g/mol. The van der Waals surface area contributed by atoms with Crippen molar-refractivity contribution in [3.05, 3.63) is 29.8 Å². The molecule has 1 aromatic rings. The molecule has 5 heteroatoms. The predicted molar refractivity (Wildman–Crippen MR) is 58.0 cm³/mol. The van der Waals surface area contributed by atoms with E-state index in [9.17, 15) is 8.78 Å². The summed E-state index contributed by atoms with van der Waals surface area (Å²) in [7, 11) is 1.53. The van der Waals surface area contributed by atoms with Crippen LogP contribution in [0.4, 0.5) is 8.78 Å². The van der Waals surface area contributed by atoms with E-state index in [0.717, 1.165) is 0 Å². The molecule has 0 aliphatic carbocycles.